The van der Waals surface area contributed by atoms with Gasteiger partial charge in [-0.05, 0) is 0 Å². The second-order valence-electron chi connectivity index (χ2n) is 5.02. The second kappa shape index (κ2) is 5.77. The molecular weight excluding hydrogens is 262 g/mol. The van der Waals surface area contributed by atoms with E-state index in [9.17, 15) is 5.11 Å². The Morgan fingerprint density at radius 2 is 2.00 bits per heavy atom. The molecule has 0 spiro atoms. The molecule has 20 heavy (non-hydrogen) atoms. The van der Waals surface area contributed by atoms with E-state index in [1.165, 1.54) is 7.11 Å². The summed E-state index contributed by atoms with van der Waals surface area (Å²) in [6, 6.07) is 9.04. The molecule has 0 amide bonds. The van der Waals surface area contributed by atoms with E-state index in [1.54, 1.807) is 0 Å². The predicted octanol–water partition coefficient (Wildman–Crippen LogP) is 0.160. The van der Waals surface area contributed by atoms with Crippen molar-refractivity contribution in [2.75, 3.05) is 13.7 Å². The number of rotatable bonds is 2. The van der Waals surface area contributed by atoms with Gasteiger partial charge in [0, 0.05) is 12.7 Å². The highest BCUT2D eigenvalue weighted by atomic mass is 16.7. The molecule has 2 aliphatic heterocycles. The number of hydrogen-bond donors (Lipinski definition) is 2. The van der Waals surface area contributed by atoms with E-state index in [-0.39, 0.29) is 6.10 Å². The molecule has 3 N–H and O–H groups in total. The summed E-state index contributed by atoms with van der Waals surface area (Å²) in [5.74, 6) is 0. The third-order valence-corrected chi connectivity index (χ3v) is 3.72. The highest BCUT2D eigenvalue weighted by molar-refractivity contribution is 5.16. The number of aliphatic hydroxyl groups is 1. The minimum Gasteiger partial charge on any atom is -0.386 e. The molecule has 1 unspecified atom stereocenters. The van der Waals surface area contributed by atoms with Crippen LogP contribution in [0.15, 0.2) is 30.3 Å². The molecule has 1 aromatic rings. The molecule has 2 saturated heterocycles. The van der Waals surface area contributed by atoms with Gasteiger partial charge in [-0.25, -0.2) is 0 Å². The Labute approximate surface area is 117 Å². The minimum absolute atomic E-state index is 0.335. The van der Waals surface area contributed by atoms with E-state index in [0.29, 0.717) is 6.61 Å². The van der Waals surface area contributed by atoms with Gasteiger partial charge in [-0.2, -0.15) is 0 Å². The molecule has 0 radical (unpaired) electrons. The number of ether oxygens (including phenoxy) is 4. The van der Waals surface area contributed by atoms with E-state index >= 15 is 0 Å². The molecule has 0 bridgehead atoms. The van der Waals surface area contributed by atoms with Crippen molar-refractivity contribution < 1.29 is 24.1 Å². The standard InChI is InChI=1S/C14H19NO5/c1-17-14-11(16)10(15)12-9(19-14)7-18-13(20-12)8-5-3-2-4-6-8/h2-6,9-14,16H,7,15H2,1H3/t9-,10+,11-,12+,13?,14-/m1/s1. The van der Waals surface area contributed by atoms with Crippen molar-refractivity contribution in [3.8, 4) is 0 Å². The number of nitrogens with two attached hydrogens (primary N) is 1. The Balaban J connectivity index is 1.74. The SMILES string of the molecule is CO[C@@H]1O[C@@H]2COC(c3ccccc3)O[C@@H]2[C@@H](N)[C@H]1O. The van der Waals surface area contributed by atoms with Crippen molar-refractivity contribution in [1.82, 2.24) is 0 Å². The van der Waals surface area contributed by atoms with Crippen LogP contribution in [0.1, 0.15) is 11.9 Å². The third-order valence-electron chi connectivity index (χ3n) is 3.72. The van der Waals surface area contributed by atoms with Crippen LogP contribution in [0.3, 0.4) is 0 Å². The van der Waals surface area contributed by atoms with Crippen LogP contribution in [0.5, 0.6) is 0 Å². The van der Waals surface area contributed by atoms with E-state index in [0.717, 1.165) is 5.56 Å². The summed E-state index contributed by atoms with van der Waals surface area (Å²) in [6.45, 7) is 0.352. The van der Waals surface area contributed by atoms with Gasteiger partial charge in [0.25, 0.3) is 0 Å². The molecule has 0 aromatic heterocycles. The van der Waals surface area contributed by atoms with Gasteiger partial charge in [-0.1, -0.05) is 30.3 Å². The minimum atomic E-state index is -0.921. The molecule has 3 rings (SSSR count). The lowest BCUT2D eigenvalue weighted by molar-refractivity contribution is -0.338. The van der Waals surface area contributed by atoms with E-state index < -0.39 is 30.8 Å². The molecule has 6 heteroatoms. The van der Waals surface area contributed by atoms with Crippen LogP contribution in [0.4, 0.5) is 0 Å². The fourth-order valence-corrected chi connectivity index (χ4v) is 2.61. The Morgan fingerprint density at radius 1 is 1.25 bits per heavy atom. The quantitative estimate of drug-likeness (QED) is 0.803. The van der Waals surface area contributed by atoms with Crippen molar-refractivity contribution in [2.24, 2.45) is 5.73 Å². The molecule has 2 fully saturated rings. The number of hydrogen-bond acceptors (Lipinski definition) is 6. The second-order valence-corrected chi connectivity index (χ2v) is 5.02. The Kier molecular flexibility index (Phi) is 4.02. The topological polar surface area (TPSA) is 83.2 Å². The Hall–Kier alpha value is -1.02. The lowest BCUT2D eigenvalue weighted by Crippen LogP contribution is -2.65. The van der Waals surface area contributed by atoms with Crippen LogP contribution in [0.2, 0.25) is 0 Å². The zero-order valence-electron chi connectivity index (χ0n) is 11.2. The number of aliphatic hydroxyl groups excluding tert-OH is 1. The van der Waals surface area contributed by atoms with Gasteiger partial charge in [0.2, 0.25) is 0 Å². The Morgan fingerprint density at radius 3 is 2.70 bits per heavy atom. The molecule has 6 atom stereocenters. The van der Waals surface area contributed by atoms with Gasteiger partial charge in [0.15, 0.2) is 12.6 Å². The first-order valence-electron chi connectivity index (χ1n) is 6.64. The van der Waals surface area contributed by atoms with Gasteiger partial charge in [0.1, 0.15) is 18.3 Å². The van der Waals surface area contributed by atoms with Crippen molar-refractivity contribution in [3.05, 3.63) is 35.9 Å². The van der Waals surface area contributed by atoms with E-state index in [1.807, 2.05) is 30.3 Å². The predicted molar refractivity (Wildman–Crippen MR) is 69.7 cm³/mol. The average Bonchev–Trinajstić information content (AvgIpc) is 2.51. The molecule has 0 saturated carbocycles. The van der Waals surface area contributed by atoms with Crippen LogP contribution < -0.4 is 5.73 Å². The molecule has 110 valence electrons. The van der Waals surface area contributed by atoms with Gasteiger partial charge in [0.05, 0.1) is 12.6 Å². The number of benzene rings is 1. The van der Waals surface area contributed by atoms with Crippen molar-refractivity contribution in [3.63, 3.8) is 0 Å². The normalized spacial score (nSPS) is 41.1. The summed E-state index contributed by atoms with van der Waals surface area (Å²) < 4.78 is 22.2. The summed E-state index contributed by atoms with van der Waals surface area (Å²) in [6.07, 6.45) is -2.91. The molecule has 0 aliphatic carbocycles. The van der Waals surface area contributed by atoms with Gasteiger partial charge in [-0.15, -0.1) is 0 Å². The van der Waals surface area contributed by atoms with Crippen LogP contribution in [-0.2, 0) is 18.9 Å². The van der Waals surface area contributed by atoms with Crippen LogP contribution in [0, 0.1) is 0 Å². The summed E-state index contributed by atoms with van der Waals surface area (Å²) in [7, 11) is 1.47. The van der Waals surface area contributed by atoms with Crippen molar-refractivity contribution >= 4 is 0 Å². The highest BCUT2D eigenvalue weighted by Gasteiger charge is 2.48. The summed E-state index contributed by atoms with van der Waals surface area (Å²) in [5, 5.41) is 10.0. The van der Waals surface area contributed by atoms with Crippen LogP contribution >= 0.6 is 0 Å². The first-order chi connectivity index (χ1) is 9.70. The first-order valence-corrected chi connectivity index (χ1v) is 6.64. The van der Waals surface area contributed by atoms with Gasteiger partial charge >= 0.3 is 0 Å². The molecular formula is C14H19NO5. The monoisotopic (exact) mass is 281 g/mol. The first kappa shape index (κ1) is 13.9. The van der Waals surface area contributed by atoms with Crippen molar-refractivity contribution in [1.29, 1.82) is 0 Å². The fraction of sp³-hybridized carbons (Fsp3) is 0.571. The molecule has 2 aliphatic rings. The number of fused-ring (bicyclic) bond motifs is 1. The summed E-state index contributed by atoms with van der Waals surface area (Å²) >= 11 is 0. The molecule has 2 heterocycles. The van der Waals surface area contributed by atoms with E-state index in [4.69, 9.17) is 24.7 Å². The summed E-state index contributed by atoms with van der Waals surface area (Å²) in [4.78, 5) is 0. The maximum Gasteiger partial charge on any atom is 0.185 e. The van der Waals surface area contributed by atoms with Gasteiger partial charge in [-0.3, -0.25) is 0 Å². The molecule has 1 aromatic carbocycles. The maximum atomic E-state index is 10.0. The van der Waals surface area contributed by atoms with Gasteiger partial charge < -0.3 is 29.8 Å². The molecule has 6 nitrogen and oxygen atoms in total. The number of methoxy groups -OCH3 is 1. The fourth-order valence-electron chi connectivity index (χ4n) is 2.61. The maximum absolute atomic E-state index is 10.0. The van der Waals surface area contributed by atoms with Crippen LogP contribution in [0.25, 0.3) is 0 Å². The lowest BCUT2D eigenvalue weighted by Gasteiger charge is -2.46. The summed E-state index contributed by atoms with van der Waals surface area (Å²) in [5.41, 5.74) is 6.97. The van der Waals surface area contributed by atoms with Crippen molar-refractivity contribution in [2.45, 2.75) is 36.9 Å². The Bertz CT molecular complexity index is 440. The smallest absolute Gasteiger partial charge is 0.185 e. The van der Waals surface area contributed by atoms with E-state index in [2.05, 4.69) is 0 Å². The zero-order valence-corrected chi connectivity index (χ0v) is 11.2. The lowest BCUT2D eigenvalue weighted by atomic mass is 9.96. The van der Waals surface area contributed by atoms with Crippen LogP contribution in [-0.4, -0.2) is 49.5 Å². The third kappa shape index (κ3) is 2.46. The highest BCUT2D eigenvalue weighted by Crippen LogP contribution is 2.33. The zero-order chi connectivity index (χ0) is 14.1. The average molecular weight is 281 g/mol. The largest absolute Gasteiger partial charge is 0.386 e.